The summed E-state index contributed by atoms with van der Waals surface area (Å²) in [6.07, 6.45) is 1.70. The van der Waals surface area contributed by atoms with Crippen molar-refractivity contribution in [2.75, 3.05) is 20.0 Å². The molecule has 6 heteroatoms. The van der Waals surface area contributed by atoms with E-state index in [4.69, 9.17) is 15.2 Å². The molecule has 0 amide bonds. The smallest absolute Gasteiger partial charge is 0.161 e. The molecule has 3 aromatic rings. The summed E-state index contributed by atoms with van der Waals surface area (Å²) in [6, 6.07) is 13.0. The molecule has 0 saturated heterocycles. The Morgan fingerprint density at radius 2 is 1.82 bits per heavy atom. The lowest BCUT2D eigenvalue weighted by Crippen LogP contribution is -2.03. The highest BCUT2D eigenvalue weighted by atomic mass is 16.5. The third kappa shape index (κ3) is 2.46. The normalized spacial score (nSPS) is 10.5. The molecule has 0 bridgehead atoms. The largest absolute Gasteiger partial charge is 0.493 e. The summed E-state index contributed by atoms with van der Waals surface area (Å²) in [5, 5.41) is 4.51. The number of hydrogen-bond donors (Lipinski definition) is 1. The van der Waals surface area contributed by atoms with Gasteiger partial charge in [0.05, 0.1) is 19.9 Å². The van der Waals surface area contributed by atoms with Crippen LogP contribution in [-0.4, -0.2) is 29.0 Å². The summed E-state index contributed by atoms with van der Waals surface area (Å²) in [6.45, 7) is 0. The number of nitrogens with zero attached hydrogens (tertiary/aromatic N) is 3. The van der Waals surface area contributed by atoms with Gasteiger partial charge in [-0.15, -0.1) is 0 Å². The summed E-state index contributed by atoms with van der Waals surface area (Å²) in [4.78, 5) is 4.25. The van der Waals surface area contributed by atoms with Gasteiger partial charge in [0.15, 0.2) is 17.3 Å². The molecule has 0 saturated carbocycles. The van der Waals surface area contributed by atoms with Crippen LogP contribution in [0.25, 0.3) is 17.1 Å². The van der Waals surface area contributed by atoms with E-state index in [9.17, 15) is 0 Å². The summed E-state index contributed by atoms with van der Waals surface area (Å²) >= 11 is 0. The van der Waals surface area contributed by atoms with Crippen LogP contribution in [0.4, 0.5) is 5.82 Å². The second-order valence-corrected chi connectivity index (χ2v) is 4.62. The minimum Gasteiger partial charge on any atom is -0.493 e. The number of benzene rings is 1. The average Bonchev–Trinajstić information content (AvgIpc) is 2.97. The predicted molar refractivity (Wildman–Crippen MR) is 84.3 cm³/mol. The number of pyridine rings is 1. The van der Waals surface area contributed by atoms with Gasteiger partial charge < -0.3 is 15.2 Å². The fraction of sp³-hybridized carbons (Fsp3) is 0.125. The van der Waals surface area contributed by atoms with Crippen molar-refractivity contribution in [1.82, 2.24) is 14.8 Å². The molecule has 0 unspecified atom stereocenters. The Kier molecular flexibility index (Phi) is 3.65. The topological polar surface area (TPSA) is 75.2 Å². The molecule has 6 nitrogen and oxygen atoms in total. The number of methoxy groups -OCH3 is 2. The molecule has 0 aliphatic rings. The number of aromatic nitrogens is 3. The molecular weight excluding hydrogens is 280 g/mol. The van der Waals surface area contributed by atoms with Crippen LogP contribution >= 0.6 is 0 Å². The van der Waals surface area contributed by atoms with E-state index in [-0.39, 0.29) is 0 Å². The van der Waals surface area contributed by atoms with E-state index >= 15 is 0 Å². The first kappa shape index (κ1) is 13.9. The van der Waals surface area contributed by atoms with E-state index in [0.29, 0.717) is 23.1 Å². The molecule has 22 heavy (non-hydrogen) atoms. The van der Waals surface area contributed by atoms with Crippen LogP contribution in [-0.2, 0) is 0 Å². The molecule has 0 atom stereocenters. The lowest BCUT2D eigenvalue weighted by Gasteiger charge is -2.08. The fourth-order valence-corrected chi connectivity index (χ4v) is 2.19. The van der Waals surface area contributed by atoms with Crippen LogP contribution < -0.4 is 15.2 Å². The van der Waals surface area contributed by atoms with E-state index in [1.54, 1.807) is 31.2 Å². The summed E-state index contributed by atoms with van der Waals surface area (Å²) < 4.78 is 12.2. The van der Waals surface area contributed by atoms with E-state index in [2.05, 4.69) is 10.1 Å². The molecule has 0 radical (unpaired) electrons. The Balaban J connectivity index is 2.03. The average molecular weight is 296 g/mol. The lowest BCUT2D eigenvalue weighted by molar-refractivity contribution is 0.355. The van der Waals surface area contributed by atoms with Crippen molar-refractivity contribution in [3.8, 4) is 28.6 Å². The van der Waals surface area contributed by atoms with Gasteiger partial charge in [0, 0.05) is 17.8 Å². The molecule has 2 heterocycles. The summed E-state index contributed by atoms with van der Waals surface area (Å²) in [5.74, 6) is 2.50. The Bertz CT molecular complexity index is 784. The van der Waals surface area contributed by atoms with Crippen LogP contribution in [0.15, 0.2) is 48.7 Å². The summed E-state index contributed by atoms with van der Waals surface area (Å²) in [5.41, 5.74) is 7.67. The second kappa shape index (κ2) is 5.77. The molecule has 0 aliphatic carbocycles. The molecule has 0 fully saturated rings. The van der Waals surface area contributed by atoms with Crippen molar-refractivity contribution in [2.45, 2.75) is 0 Å². The highest BCUT2D eigenvalue weighted by Crippen LogP contribution is 2.32. The molecule has 2 aromatic heterocycles. The number of nitrogen functional groups attached to an aromatic ring is 1. The maximum atomic E-state index is 6.04. The number of rotatable bonds is 4. The predicted octanol–water partition coefficient (Wildman–Crippen LogP) is 2.53. The molecule has 0 spiro atoms. The molecular formula is C16H16N4O2. The quantitative estimate of drug-likeness (QED) is 0.800. The van der Waals surface area contributed by atoms with Crippen molar-refractivity contribution in [3.05, 3.63) is 48.7 Å². The molecule has 3 rings (SSSR count). The van der Waals surface area contributed by atoms with Crippen LogP contribution in [0.2, 0.25) is 0 Å². The first-order chi connectivity index (χ1) is 10.7. The number of anilines is 1. The van der Waals surface area contributed by atoms with Crippen molar-refractivity contribution >= 4 is 5.82 Å². The number of nitrogens with two attached hydrogens (primary N) is 1. The van der Waals surface area contributed by atoms with Gasteiger partial charge >= 0.3 is 0 Å². The Labute approximate surface area is 128 Å². The Morgan fingerprint density at radius 3 is 2.50 bits per heavy atom. The summed E-state index contributed by atoms with van der Waals surface area (Å²) in [7, 11) is 3.20. The van der Waals surface area contributed by atoms with Gasteiger partial charge in [-0.25, -0.2) is 4.98 Å². The Morgan fingerprint density at radius 1 is 1.00 bits per heavy atom. The third-order valence-electron chi connectivity index (χ3n) is 3.28. The van der Waals surface area contributed by atoms with E-state index in [0.717, 1.165) is 11.3 Å². The second-order valence-electron chi connectivity index (χ2n) is 4.62. The third-order valence-corrected chi connectivity index (χ3v) is 3.28. The van der Waals surface area contributed by atoms with Crippen molar-refractivity contribution < 1.29 is 9.47 Å². The molecule has 0 aliphatic heterocycles. The van der Waals surface area contributed by atoms with Gasteiger partial charge in [0.2, 0.25) is 0 Å². The molecule has 2 N–H and O–H groups in total. The van der Waals surface area contributed by atoms with Crippen LogP contribution in [0, 0.1) is 0 Å². The zero-order valence-electron chi connectivity index (χ0n) is 12.4. The number of hydrogen-bond acceptors (Lipinski definition) is 5. The van der Waals surface area contributed by atoms with Gasteiger partial charge in [-0.3, -0.25) is 0 Å². The van der Waals surface area contributed by atoms with E-state index < -0.39 is 0 Å². The highest BCUT2D eigenvalue weighted by Gasteiger charge is 2.12. The molecule has 112 valence electrons. The van der Waals surface area contributed by atoms with Gasteiger partial charge in [0.25, 0.3) is 0 Å². The fourth-order valence-electron chi connectivity index (χ4n) is 2.19. The highest BCUT2D eigenvalue weighted by molar-refractivity contribution is 5.66. The maximum absolute atomic E-state index is 6.04. The van der Waals surface area contributed by atoms with Crippen LogP contribution in [0.5, 0.6) is 11.5 Å². The first-order valence-electron chi connectivity index (χ1n) is 6.72. The SMILES string of the molecule is COc1ccc(-c2cc(N)n(-c3ccccn3)n2)cc1OC. The standard InChI is InChI=1S/C16H16N4O2/c1-21-13-7-6-11(9-14(13)22-2)12-10-15(17)20(19-12)16-5-3-4-8-18-16/h3-10H,17H2,1-2H3. The monoisotopic (exact) mass is 296 g/mol. The van der Waals surface area contributed by atoms with Crippen LogP contribution in [0.1, 0.15) is 0 Å². The zero-order chi connectivity index (χ0) is 15.5. The van der Waals surface area contributed by atoms with Crippen molar-refractivity contribution in [3.63, 3.8) is 0 Å². The lowest BCUT2D eigenvalue weighted by atomic mass is 10.1. The zero-order valence-corrected chi connectivity index (χ0v) is 12.4. The van der Waals surface area contributed by atoms with Gasteiger partial charge in [0.1, 0.15) is 5.82 Å². The van der Waals surface area contributed by atoms with Crippen molar-refractivity contribution in [1.29, 1.82) is 0 Å². The van der Waals surface area contributed by atoms with E-state index in [1.165, 1.54) is 0 Å². The Hall–Kier alpha value is -3.02. The number of ether oxygens (including phenoxy) is 2. The van der Waals surface area contributed by atoms with Crippen LogP contribution in [0.3, 0.4) is 0 Å². The molecule has 1 aromatic carbocycles. The van der Waals surface area contributed by atoms with Gasteiger partial charge in [-0.1, -0.05) is 6.07 Å². The van der Waals surface area contributed by atoms with Gasteiger partial charge in [-0.2, -0.15) is 9.78 Å². The maximum Gasteiger partial charge on any atom is 0.161 e. The van der Waals surface area contributed by atoms with Gasteiger partial charge in [-0.05, 0) is 30.3 Å². The minimum atomic E-state index is 0.517. The first-order valence-corrected chi connectivity index (χ1v) is 6.72. The minimum absolute atomic E-state index is 0.517. The van der Waals surface area contributed by atoms with E-state index in [1.807, 2.05) is 36.4 Å². The van der Waals surface area contributed by atoms with Crippen molar-refractivity contribution in [2.24, 2.45) is 0 Å².